The van der Waals surface area contributed by atoms with E-state index >= 15 is 0 Å². The van der Waals surface area contributed by atoms with Crippen LogP contribution in [0.4, 0.5) is 0 Å². The third kappa shape index (κ3) is 10.2. The van der Waals surface area contributed by atoms with Gasteiger partial charge in [-0.1, -0.05) is 0 Å². The monoisotopic (exact) mass is 222 g/mol. The van der Waals surface area contributed by atoms with Crippen molar-refractivity contribution in [3.8, 4) is 0 Å². The quantitative estimate of drug-likeness (QED) is 0.593. The van der Waals surface area contributed by atoms with Crippen LogP contribution in [0.2, 0.25) is 0 Å². The van der Waals surface area contributed by atoms with Crippen LogP contribution in [0.1, 0.15) is 0 Å². The molecule has 11 heavy (non-hydrogen) atoms. The average Bonchev–Trinajstić information content (AvgIpc) is 1.55. The van der Waals surface area contributed by atoms with Crippen molar-refractivity contribution in [1.29, 1.82) is 0 Å². The van der Waals surface area contributed by atoms with Crippen LogP contribution in [0, 0.1) is 0 Å². The summed E-state index contributed by atoms with van der Waals surface area (Å²) in [4.78, 5) is 0. The normalized spacial score (nSPS) is 13.3. The third-order valence-electron chi connectivity index (χ3n) is 0.303. The van der Waals surface area contributed by atoms with Gasteiger partial charge in [0, 0.05) is 0 Å². The first-order valence-corrected chi connectivity index (χ1v) is 6.45. The standard InChI is InChI=1S/C2H6O6S3/c1-10(3,4)7-9-8-11(2,5)6/h1-2H3. The van der Waals surface area contributed by atoms with Gasteiger partial charge in [0.05, 0.1) is 12.5 Å². The Labute approximate surface area is 69.5 Å². The van der Waals surface area contributed by atoms with Crippen molar-refractivity contribution in [2.45, 2.75) is 0 Å². The molecule has 0 aromatic carbocycles. The van der Waals surface area contributed by atoms with Gasteiger partial charge in [0.1, 0.15) is 0 Å². The summed E-state index contributed by atoms with van der Waals surface area (Å²) in [5.74, 6) is 0. The third-order valence-corrected chi connectivity index (χ3v) is 2.72. The van der Waals surface area contributed by atoms with Crippen LogP contribution < -0.4 is 0 Å². The second-order valence-electron chi connectivity index (χ2n) is 1.61. The highest BCUT2D eigenvalue weighted by atomic mass is 32.3. The van der Waals surface area contributed by atoms with Gasteiger partial charge in [0.25, 0.3) is 20.2 Å². The maximum Gasteiger partial charge on any atom is 0.277 e. The average molecular weight is 222 g/mol. The molecule has 0 heterocycles. The van der Waals surface area contributed by atoms with Crippen LogP contribution in [-0.4, -0.2) is 29.3 Å². The second kappa shape index (κ2) is 3.72. The molecule has 0 unspecified atom stereocenters. The van der Waals surface area contributed by atoms with Gasteiger partial charge >= 0.3 is 0 Å². The lowest BCUT2D eigenvalue weighted by Gasteiger charge is -1.95. The van der Waals surface area contributed by atoms with Crippen molar-refractivity contribution in [3.05, 3.63) is 0 Å². The molecule has 0 spiro atoms. The predicted molar refractivity (Wildman–Crippen MR) is 39.4 cm³/mol. The molecule has 0 aliphatic carbocycles. The summed E-state index contributed by atoms with van der Waals surface area (Å²) >= 11 is -0.109. The van der Waals surface area contributed by atoms with E-state index in [4.69, 9.17) is 0 Å². The van der Waals surface area contributed by atoms with Gasteiger partial charge < -0.3 is 0 Å². The Hall–Kier alpha value is 0.170. The molecule has 0 saturated carbocycles. The van der Waals surface area contributed by atoms with Crippen LogP contribution in [-0.2, 0) is 27.5 Å². The van der Waals surface area contributed by atoms with Gasteiger partial charge in [-0.3, -0.25) is 0 Å². The summed E-state index contributed by atoms with van der Waals surface area (Å²) in [5, 5.41) is 0. The zero-order chi connectivity index (χ0) is 9.12. The van der Waals surface area contributed by atoms with Gasteiger partial charge in [-0.05, 0) is 0 Å². The molecular formula is C2H6O6S3. The molecule has 0 radical (unpaired) electrons. The van der Waals surface area contributed by atoms with Crippen molar-refractivity contribution in [2.24, 2.45) is 0 Å². The molecule has 0 amide bonds. The minimum atomic E-state index is -3.67. The molecule has 9 heteroatoms. The number of hydrogen-bond acceptors (Lipinski definition) is 7. The van der Waals surface area contributed by atoms with Gasteiger partial charge in [0.2, 0.25) is 0 Å². The molecule has 0 atom stereocenters. The zero-order valence-corrected chi connectivity index (χ0v) is 8.12. The fourth-order valence-corrected chi connectivity index (χ4v) is 1.21. The Kier molecular flexibility index (Phi) is 3.77. The fraction of sp³-hybridized carbons (Fsp3) is 1.00. The maximum absolute atomic E-state index is 10.2. The van der Waals surface area contributed by atoms with E-state index in [1.165, 1.54) is 0 Å². The highest BCUT2D eigenvalue weighted by molar-refractivity contribution is 8.06. The predicted octanol–water partition coefficient (Wildman–Crippen LogP) is -0.498. The van der Waals surface area contributed by atoms with Crippen molar-refractivity contribution in [2.75, 3.05) is 12.5 Å². The van der Waals surface area contributed by atoms with Crippen molar-refractivity contribution in [3.63, 3.8) is 0 Å². The first kappa shape index (κ1) is 11.2. The number of hydrogen-bond donors (Lipinski definition) is 0. The molecule has 0 aromatic heterocycles. The van der Waals surface area contributed by atoms with E-state index in [0.717, 1.165) is 12.5 Å². The molecule has 0 bridgehead atoms. The van der Waals surface area contributed by atoms with Crippen LogP contribution >= 0.6 is 12.3 Å². The fourth-order valence-electron chi connectivity index (χ4n) is 0.112. The second-order valence-corrected chi connectivity index (χ2v) is 5.65. The highest BCUT2D eigenvalue weighted by Gasteiger charge is 2.08. The van der Waals surface area contributed by atoms with E-state index in [1.54, 1.807) is 0 Å². The van der Waals surface area contributed by atoms with Gasteiger partial charge in [0.15, 0.2) is 12.3 Å². The first-order valence-electron chi connectivity index (χ1n) is 2.15. The van der Waals surface area contributed by atoms with Crippen molar-refractivity contribution < 1.29 is 24.1 Å². The molecule has 68 valence electrons. The van der Waals surface area contributed by atoms with E-state index in [9.17, 15) is 16.8 Å². The number of rotatable bonds is 4. The summed E-state index contributed by atoms with van der Waals surface area (Å²) in [6.07, 6.45) is 1.54. The first-order chi connectivity index (χ1) is 4.71. The largest absolute Gasteiger partial charge is 0.277 e. The highest BCUT2D eigenvalue weighted by Crippen LogP contribution is 2.11. The minimum Gasteiger partial charge on any atom is -0.199 e. The Balaban J connectivity index is 3.79. The summed E-state index contributed by atoms with van der Waals surface area (Å²) in [5.41, 5.74) is 0. The van der Waals surface area contributed by atoms with E-state index in [2.05, 4.69) is 7.26 Å². The smallest absolute Gasteiger partial charge is 0.199 e. The van der Waals surface area contributed by atoms with Crippen molar-refractivity contribution in [1.82, 2.24) is 0 Å². The Morgan fingerprint density at radius 2 is 1.18 bits per heavy atom. The molecule has 0 aromatic rings. The van der Waals surface area contributed by atoms with Gasteiger partial charge in [-0.2, -0.15) is 24.1 Å². The molecule has 0 fully saturated rings. The lowest BCUT2D eigenvalue weighted by molar-refractivity contribution is 0.484. The molecule has 0 rings (SSSR count). The lowest BCUT2D eigenvalue weighted by Crippen LogP contribution is -2.00. The van der Waals surface area contributed by atoms with Gasteiger partial charge in [-0.15, -0.1) is 0 Å². The Bertz CT molecular complexity index is 265. The molecule has 6 nitrogen and oxygen atoms in total. The summed E-state index contributed by atoms with van der Waals surface area (Å²) in [6, 6.07) is 0. The van der Waals surface area contributed by atoms with E-state index < -0.39 is 20.2 Å². The SMILES string of the molecule is CS(=O)(=O)OSOS(C)(=O)=O. The summed E-state index contributed by atoms with van der Waals surface area (Å²) in [7, 11) is -7.35. The Morgan fingerprint density at radius 3 is 1.36 bits per heavy atom. The maximum atomic E-state index is 10.2. The van der Waals surface area contributed by atoms with Crippen molar-refractivity contribution >= 4 is 32.6 Å². The summed E-state index contributed by atoms with van der Waals surface area (Å²) in [6.45, 7) is 0. The van der Waals surface area contributed by atoms with Crippen LogP contribution in [0.5, 0.6) is 0 Å². The lowest BCUT2D eigenvalue weighted by atomic mass is 12.0. The topological polar surface area (TPSA) is 86.7 Å². The molecule has 0 aliphatic rings. The minimum absolute atomic E-state index is 0.109. The zero-order valence-electron chi connectivity index (χ0n) is 5.67. The van der Waals surface area contributed by atoms with Gasteiger partial charge in [-0.25, -0.2) is 0 Å². The van der Waals surface area contributed by atoms with E-state index in [-0.39, 0.29) is 12.3 Å². The molecule has 0 saturated heterocycles. The summed E-state index contributed by atoms with van der Waals surface area (Å²) < 4.78 is 48.6. The van der Waals surface area contributed by atoms with Crippen LogP contribution in [0.25, 0.3) is 0 Å². The molecular weight excluding hydrogens is 216 g/mol. The molecule has 0 N–H and O–H groups in total. The molecule has 0 aliphatic heterocycles. The van der Waals surface area contributed by atoms with E-state index in [1.807, 2.05) is 0 Å². The van der Waals surface area contributed by atoms with Crippen LogP contribution in [0.15, 0.2) is 0 Å². The van der Waals surface area contributed by atoms with Crippen LogP contribution in [0.3, 0.4) is 0 Å². The Morgan fingerprint density at radius 1 is 0.909 bits per heavy atom. The van der Waals surface area contributed by atoms with E-state index in [0.29, 0.717) is 0 Å².